The Hall–Kier alpha value is -1.56. The van der Waals surface area contributed by atoms with Gasteiger partial charge < -0.3 is 24.2 Å². The number of fused-ring (bicyclic) bond motifs is 1. The predicted molar refractivity (Wildman–Crippen MR) is 114 cm³/mol. The summed E-state index contributed by atoms with van der Waals surface area (Å²) in [6.45, 7) is 5.10. The van der Waals surface area contributed by atoms with Crippen molar-refractivity contribution in [2.24, 2.45) is 11.3 Å². The summed E-state index contributed by atoms with van der Waals surface area (Å²) >= 11 is 0. The third kappa shape index (κ3) is 1.77. The second-order valence-corrected chi connectivity index (χ2v) is 10.4. The van der Waals surface area contributed by atoms with E-state index in [2.05, 4.69) is 43.2 Å². The molecule has 7 rings (SSSR count). The lowest BCUT2D eigenvalue weighted by Crippen LogP contribution is -2.80. The highest BCUT2D eigenvalue weighted by molar-refractivity contribution is 5.65. The molecule has 1 N–H and O–H groups in total. The molecule has 2 fully saturated rings. The Labute approximate surface area is 179 Å². The summed E-state index contributed by atoms with van der Waals surface area (Å²) in [5.41, 5.74) is 1.06. The number of likely N-dealkylation sites (tertiary alicyclic amines) is 1. The molecule has 30 heavy (non-hydrogen) atoms. The second-order valence-electron chi connectivity index (χ2n) is 10.4. The number of hydrogen-bond donors (Lipinski definition) is 1. The standard InChI is InChI=1S/C25H33NO4/c1-6-22(2,27)17-14-23-9-10-25(17,29-5)21-24(23)11-12-26(3)18(23)13-15-7-8-16(28-4)20(30-21)19(15)24/h7-10,17-18,21,27H,6,11-14H2,1-5H3/t17?,18-,21-,22-,23-,24+,25-/m1/s1. The quantitative estimate of drug-likeness (QED) is 0.772. The van der Waals surface area contributed by atoms with Crippen molar-refractivity contribution in [2.75, 3.05) is 27.8 Å². The van der Waals surface area contributed by atoms with E-state index in [4.69, 9.17) is 14.2 Å². The molecule has 1 aromatic rings. The first kappa shape index (κ1) is 19.1. The fraction of sp³-hybridized carbons (Fsp3) is 0.680. The molecule has 0 aromatic heterocycles. The highest BCUT2D eigenvalue weighted by Gasteiger charge is 2.80. The Balaban J connectivity index is 1.69. The molecule has 162 valence electrons. The minimum absolute atomic E-state index is 0.0287. The number of rotatable bonds is 4. The van der Waals surface area contributed by atoms with Gasteiger partial charge in [-0.3, -0.25) is 0 Å². The van der Waals surface area contributed by atoms with Gasteiger partial charge >= 0.3 is 0 Å². The monoisotopic (exact) mass is 411 g/mol. The molecular weight excluding hydrogens is 378 g/mol. The van der Waals surface area contributed by atoms with E-state index in [0.29, 0.717) is 12.5 Å². The van der Waals surface area contributed by atoms with Gasteiger partial charge in [-0.15, -0.1) is 0 Å². The van der Waals surface area contributed by atoms with Crippen LogP contribution < -0.4 is 9.47 Å². The van der Waals surface area contributed by atoms with Gasteiger partial charge in [0.05, 0.1) is 18.1 Å². The van der Waals surface area contributed by atoms with Gasteiger partial charge in [-0.1, -0.05) is 25.1 Å². The molecule has 6 aliphatic rings. The van der Waals surface area contributed by atoms with Crippen LogP contribution in [-0.4, -0.2) is 61.2 Å². The first-order valence-electron chi connectivity index (χ1n) is 11.4. The van der Waals surface area contributed by atoms with Crippen molar-refractivity contribution in [3.63, 3.8) is 0 Å². The van der Waals surface area contributed by atoms with Gasteiger partial charge in [0, 0.05) is 30.0 Å². The minimum Gasteiger partial charge on any atom is -0.493 e. The number of piperidine rings is 1. The van der Waals surface area contributed by atoms with E-state index in [0.717, 1.165) is 37.3 Å². The van der Waals surface area contributed by atoms with Crippen molar-refractivity contribution in [1.82, 2.24) is 4.90 Å². The molecule has 4 bridgehead atoms. The van der Waals surface area contributed by atoms with Crippen molar-refractivity contribution in [2.45, 2.75) is 68.3 Å². The second kappa shape index (κ2) is 5.62. The van der Waals surface area contributed by atoms with Crippen molar-refractivity contribution in [3.8, 4) is 11.5 Å². The Kier molecular flexibility index (Phi) is 3.59. The minimum atomic E-state index is -0.829. The lowest BCUT2D eigenvalue weighted by molar-refractivity contribution is -0.246. The summed E-state index contributed by atoms with van der Waals surface area (Å²) in [4.78, 5) is 2.54. The van der Waals surface area contributed by atoms with Crippen LogP contribution in [0.1, 0.15) is 44.2 Å². The van der Waals surface area contributed by atoms with Crippen molar-refractivity contribution in [3.05, 3.63) is 35.4 Å². The first-order valence-corrected chi connectivity index (χ1v) is 11.4. The Morgan fingerprint density at radius 1 is 1.30 bits per heavy atom. The molecule has 5 nitrogen and oxygen atoms in total. The summed E-state index contributed by atoms with van der Waals surface area (Å²) in [7, 11) is 5.78. The largest absolute Gasteiger partial charge is 0.493 e. The summed E-state index contributed by atoms with van der Waals surface area (Å²) < 4.78 is 19.0. The third-order valence-corrected chi connectivity index (χ3v) is 9.74. The Bertz CT molecular complexity index is 957. The average Bonchev–Trinajstić information content (AvgIpc) is 3.13. The highest BCUT2D eigenvalue weighted by atomic mass is 16.6. The molecule has 2 heterocycles. The molecule has 1 aromatic carbocycles. The SMILES string of the molecule is CC[C@@](C)(O)C1C[C@@]23C=C[C@]1(OC)[C@@H]1Oc4c(OC)ccc5c4[C@@]12CCN(C)[C@@H]3C5. The number of methoxy groups -OCH3 is 2. The van der Waals surface area contributed by atoms with Crippen molar-refractivity contribution >= 4 is 0 Å². The summed E-state index contributed by atoms with van der Waals surface area (Å²) in [6.07, 6.45) is 8.20. The number of benzene rings is 1. The molecule has 1 saturated carbocycles. The highest BCUT2D eigenvalue weighted by Crippen LogP contribution is 2.75. The molecular formula is C25H33NO4. The third-order valence-electron chi connectivity index (χ3n) is 9.74. The molecule has 4 aliphatic carbocycles. The number of hydrogen-bond acceptors (Lipinski definition) is 5. The van der Waals surface area contributed by atoms with Gasteiger partial charge in [0.1, 0.15) is 11.7 Å². The van der Waals surface area contributed by atoms with Gasteiger partial charge in [-0.25, -0.2) is 0 Å². The first-order chi connectivity index (χ1) is 14.3. The van der Waals surface area contributed by atoms with Crippen LogP contribution in [-0.2, 0) is 16.6 Å². The van der Waals surface area contributed by atoms with Gasteiger partial charge in [-0.05, 0) is 57.8 Å². The maximum absolute atomic E-state index is 11.5. The van der Waals surface area contributed by atoms with Crippen molar-refractivity contribution < 1.29 is 19.3 Å². The van der Waals surface area contributed by atoms with Crippen LogP contribution in [0.2, 0.25) is 0 Å². The Morgan fingerprint density at radius 3 is 2.80 bits per heavy atom. The fourth-order valence-corrected chi connectivity index (χ4v) is 8.16. The van der Waals surface area contributed by atoms with E-state index in [1.165, 1.54) is 11.1 Å². The normalized spacial score (nSPS) is 44.4. The average molecular weight is 412 g/mol. The van der Waals surface area contributed by atoms with Crippen LogP contribution in [0.5, 0.6) is 11.5 Å². The maximum atomic E-state index is 11.5. The van der Waals surface area contributed by atoms with E-state index in [-0.39, 0.29) is 22.9 Å². The van der Waals surface area contributed by atoms with Crippen molar-refractivity contribution in [1.29, 1.82) is 0 Å². The molecule has 1 unspecified atom stereocenters. The van der Waals surface area contributed by atoms with Crippen LogP contribution in [0.15, 0.2) is 24.3 Å². The van der Waals surface area contributed by atoms with E-state index >= 15 is 0 Å². The smallest absolute Gasteiger partial charge is 0.166 e. The van der Waals surface area contributed by atoms with Crippen LogP contribution >= 0.6 is 0 Å². The predicted octanol–water partition coefficient (Wildman–Crippen LogP) is 3.08. The fourth-order valence-electron chi connectivity index (χ4n) is 8.16. The molecule has 0 radical (unpaired) electrons. The van der Waals surface area contributed by atoms with Gasteiger partial charge in [0.15, 0.2) is 11.5 Å². The number of likely N-dealkylation sites (N-methyl/N-ethyl adjacent to an activating group) is 1. The number of ether oxygens (including phenoxy) is 3. The van der Waals surface area contributed by atoms with E-state index in [1.807, 2.05) is 6.92 Å². The Morgan fingerprint density at radius 2 is 2.10 bits per heavy atom. The van der Waals surface area contributed by atoms with Crippen LogP contribution in [0.25, 0.3) is 0 Å². The van der Waals surface area contributed by atoms with Gasteiger partial charge in [0.25, 0.3) is 0 Å². The topological polar surface area (TPSA) is 51.2 Å². The number of nitrogens with zero attached hydrogens (tertiary/aromatic N) is 1. The zero-order chi connectivity index (χ0) is 21.1. The molecule has 5 heteroatoms. The van der Waals surface area contributed by atoms with E-state index in [9.17, 15) is 5.11 Å². The summed E-state index contributed by atoms with van der Waals surface area (Å²) in [5.74, 6) is 1.70. The van der Waals surface area contributed by atoms with E-state index in [1.54, 1.807) is 14.2 Å². The van der Waals surface area contributed by atoms with Crippen LogP contribution in [0.3, 0.4) is 0 Å². The lowest BCUT2D eigenvalue weighted by Gasteiger charge is -2.72. The van der Waals surface area contributed by atoms with E-state index < -0.39 is 11.2 Å². The zero-order valence-electron chi connectivity index (χ0n) is 18.7. The molecule has 7 atom stereocenters. The number of aliphatic hydroxyl groups is 1. The maximum Gasteiger partial charge on any atom is 0.166 e. The molecule has 2 spiro atoms. The van der Waals surface area contributed by atoms with Crippen LogP contribution in [0, 0.1) is 11.3 Å². The zero-order valence-corrected chi connectivity index (χ0v) is 18.7. The molecule has 1 saturated heterocycles. The van der Waals surface area contributed by atoms with Crippen LogP contribution in [0.4, 0.5) is 0 Å². The van der Waals surface area contributed by atoms with Gasteiger partial charge in [-0.2, -0.15) is 0 Å². The lowest BCUT2D eigenvalue weighted by atomic mass is 9.36. The summed E-state index contributed by atoms with van der Waals surface area (Å²) in [6, 6.07) is 4.70. The molecule has 2 aliphatic heterocycles. The summed E-state index contributed by atoms with van der Waals surface area (Å²) in [5, 5.41) is 11.5. The molecule has 0 amide bonds. The van der Waals surface area contributed by atoms with Gasteiger partial charge in [0.2, 0.25) is 0 Å².